The molecule has 0 amide bonds. The minimum absolute atomic E-state index is 0.182. The zero-order valence-corrected chi connectivity index (χ0v) is 12.2. The van der Waals surface area contributed by atoms with Crippen LogP contribution in [0.3, 0.4) is 0 Å². The van der Waals surface area contributed by atoms with E-state index in [-0.39, 0.29) is 11.4 Å². The van der Waals surface area contributed by atoms with Crippen molar-refractivity contribution in [3.05, 3.63) is 53.3 Å². The van der Waals surface area contributed by atoms with Crippen molar-refractivity contribution in [1.82, 2.24) is 9.71 Å². The van der Waals surface area contributed by atoms with Crippen molar-refractivity contribution in [3.63, 3.8) is 0 Å². The van der Waals surface area contributed by atoms with E-state index in [0.29, 0.717) is 5.69 Å². The summed E-state index contributed by atoms with van der Waals surface area (Å²) < 4.78 is 27.1. The van der Waals surface area contributed by atoms with Crippen LogP contribution in [0.15, 0.2) is 41.6 Å². The van der Waals surface area contributed by atoms with Gasteiger partial charge in [-0.1, -0.05) is 0 Å². The van der Waals surface area contributed by atoms with E-state index in [1.54, 1.807) is 30.6 Å². The Balaban J connectivity index is 2.22. The molecule has 0 saturated carbocycles. The van der Waals surface area contributed by atoms with Gasteiger partial charge in [0.2, 0.25) is 10.0 Å². The van der Waals surface area contributed by atoms with Gasteiger partial charge >= 0.3 is 0 Å². The minimum atomic E-state index is -3.57. The highest BCUT2D eigenvalue weighted by atomic mass is 32.2. The second-order valence-electron chi connectivity index (χ2n) is 4.71. The van der Waals surface area contributed by atoms with Crippen LogP contribution in [-0.2, 0) is 16.6 Å². The molecule has 0 atom stereocenters. The number of nitrogens with one attached hydrogen (secondary N) is 1. The Hall–Kier alpha value is -1.92. The van der Waals surface area contributed by atoms with Crippen LogP contribution in [-0.4, -0.2) is 13.4 Å². The molecule has 106 valence electrons. The van der Waals surface area contributed by atoms with Gasteiger partial charge in [0.1, 0.15) is 0 Å². The number of pyridine rings is 1. The molecule has 0 radical (unpaired) electrons. The Morgan fingerprint density at radius 1 is 1.25 bits per heavy atom. The number of sulfonamides is 1. The number of nitrogens with zero attached hydrogens (tertiary/aromatic N) is 1. The van der Waals surface area contributed by atoms with Gasteiger partial charge in [-0.3, -0.25) is 4.98 Å². The fourth-order valence-electron chi connectivity index (χ4n) is 1.89. The Labute approximate surface area is 118 Å². The predicted octanol–water partition coefficient (Wildman–Crippen LogP) is 1.76. The molecule has 0 spiro atoms. The average molecular weight is 291 g/mol. The maximum absolute atomic E-state index is 12.2. The highest BCUT2D eigenvalue weighted by Gasteiger charge is 2.15. The van der Waals surface area contributed by atoms with Crippen LogP contribution in [0.1, 0.15) is 16.7 Å². The van der Waals surface area contributed by atoms with Gasteiger partial charge in [0.15, 0.2) is 0 Å². The fraction of sp³-hybridized carbons (Fsp3) is 0.214. The summed E-state index contributed by atoms with van der Waals surface area (Å²) in [7, 11) is -3.57. The predicted molar refractivity (Wildman–Crippen MR) is 78.6 cm³/mol. The fourth-order valence-corrected chi connectivity index (χ4v) is 3.03. The molecular formula is C14H17N3O2S. The first-order valence-corrected chi connectivity index (χ1v) is 7.63. The Kier molecular flexibility index (Phi) is 4.06. The molecule has 0 fully saturated rings. The van der Waals surface area contributed by atoms with Crippen molar-refractivity contribution < 1.29 is 8.42 Å². The van der Waals surface area contributed by atoms with Crippen LogP contribution in [0, 0.1) is 13.8 Å². The lowest BCUT2D eigenvalue weighted by Crippen LogP contribution is -2.23. The molecule has 0 aliphatic carbocycles. The van der Waals surface area contributed by atoms with Crippen LogP contribution in [0.5, 0.6) is 0 Å². The average Bonchev–Trinajstić information content (AvgIpc) is 2.37. The molecule has 0 saturated heterocycles. The number of nitrogens with two attached hydrogens (primary N) is 1. The molecule has 0 unspecified atom stereocenters. The van der Waals surface area contributed by atoms with Gasteiger partial charge in [0.05, 0.1) is 4.90 Å². The summed E-state index contributed by atoms with van der Waals surface area (Å²) in [6.07, 6.45) is 3.34. The highest BCUT2D eigenvalue weighted by Crippen LogP contribution is 2.16. The third-order valence-corrected chi connectivity index (χ3v) is 4.35. The van der Waals surface area contributed by atoms with Gasteiger partial charge in [-0.05, 0) is 54.8 Å². The minimum Gasteiger partial charge on any atom is -0.399 e. The Morgan fingerprint density at radius 2 is 2.00 bits per heavy atom. The summed E-state index contributed by atoms with van der Waals surface area (Å²) in [5, 5.41) is 0. The summed E-state index contributed by atoms with van der Waals surface area (Å²) in [5.74, 6) is 0. The normalized spacial score (nSPS) is 11.5. The monoisotopic (exact) mass is 291 g/mol. The summed E-state index contributed by atoms with van der Waals surface area (Å²) in [6.45, 7) is 3.92. The van der Waals surface area contributed by atoms with Gasteiger partial charge in [0.25, 0.3) is 0 Å². The van der Waals surface area contributed by atoms with E-state index >= 15 is 0 Å². The number of anilines is 1. The van der Waals surface area contributed by atoms with Crippen LogP contribution in [0.25, 0.3) is 0 Å². The van der Waals surface area contributed by atoms with Gasteiger partial charge < -0.3 is 5.73 Å². The second kappa shape index (κ2) is 5.60. The lowest BCUT2D eigenvalue weighted by atomic mass is 10.2. The van der Waals surface area contributed by atoms with Crippen molar-refractivity contribution in [2.45, 2.75) is 25.3 Å². The summed E-state index contributed by atoms with van der Waals surface area (Å²) in [5.41, 5.74) is 8.77. The van der Waals surface area contributed by atoms with Crippen LogP contribution >= 0.6 is 0 Å². The molecule has 3 N–H and O–H groups in total. The summed E-state index contributed by atoms with van der Waals surface area (Å²) in [4.78, 5) is 4.16. The lowest BCUT2D eigenvalue weighted by molar-refractivity contribution is 0.581. The van der Waals surface area contributed by atoms with Gasteiger partial charge in [-0.15, -0.1) is 0 Å². The van der Waals surface area contributed by atoms with Crippen molar-refractivity contribution in [2.24, 2.45) is 0 Å². The molecule has 6 heteroatoms. The number of nitrogen functional groups attached to an aromatic ring is 1. The number of benzene rings is 1. The number of aromatic nitrogens is 1. The van der Waals surface area contributed by atoms with E-state index in [1.165, 1.54) is 6.07 Å². The van der Waals surface area contributed by atoms with Crippen LogP contribution in [0.4, 0.5) is 5.69 Å². The third-order valence-electron chi connectivity index (χ3n) is 2.97. The number of hydrogen-bond acceptors (Lipinski definition) is 4. The van der Waals surface area contributed by atoms with Crippen LogP contribution in [0.2, 0.25) is 0 Å². The molecule has 0 aliphatic rings. The van der Waals surface area contributed by atoms with Gasteiger partial charge in [-0.2, -0.15) is 0 Å². The molecule has 0 bridgehead atoms. The molecular weight excluding hydrogens is 274 g/mol. The van der Waals surface area contributed by atoms with Crippen molar-refractivity contribution in [2.75, 3.05) is 5.73 Å². The first-order chi connectivity index (χ1) is 9.38. The number of rotatable bonds is 4. The summed E-state index contributed by atoms with van der Waals surface area (Å²) >= 11 is 0. The molecule has 20 heavy (non-hydrogen) atoms. The van der Waals surface area contributed by atoms with E-state index in [4.69, 9.17) is 5.73 Å². The third kappa shape index (κ3) is 3.34. The van der Waals surface area contributed by atoms with E-state index in [9.17, 15) is 8.42 Å². The van der Waals surface area contributed by atoms with Gasteiger partial charge in [-0.25, -0.2) is 13.1 Å². The zero-order chi connectivity index (χ0) is 14.8. The summed E-state index contributed by atoms with van der Waals surface area (Å²) in [6, 6.07) is 6.57. The van der Waals surface area contributed by atoms with E-state index in [0.717, 1.165) is 16.7 Å². The van der Waals surface area contributed by atoms with E-state index in [1.807, 2.05) is 13.8 Å². The topological polar surface area (TPSA) is 85.1 Å². The Bertz CT molecular complexity index is 707. The maximum atomic E-state index is 12.2. The molecule has 5 nitrogen and oxygen atoms in total. The van der Waals surface area contributed by atoms with Gasteiger partial charge in [0, 0.05) is 24.6 Å². The maximum Gasteiger partial charge on any atom is 0.240 e. The lowest BCUT2D eigenvalue weighted by Gasteiger charge is -2.10. The molecule has 0 aliphatic heterocycles. The molecule has 1 heterocycles. The largest absolute Gasteiger partial charge is 0.399 e. The molecule has 2 aromatic rings. The van der Waals surface area contributed by atoms with Crippen LogP contribution < -0.4 is 10.5 Å². The molecule has 2 rings (SSSR count). The zero-order valence-electron chi connectivity index (χ0n) is 11.4. The van der Waals surface area contributed by atoms with E-state index < -0.39 is 10.0 Å². The number of aryl methyl sites for hydroxylation is 2. The van der Waals surface area contributed by atoms with Crippen molar-refractivity contribution >= 4 is 15.7 Å². The standard InChI is InChI=1S/C14H17N3O2S/c1-10-5-13(15)7-14(6-10)20(18,19)17-9-12-3-4-16-8-11(12)2/h3-8,17H,9,15H2,1-2H3. The quantitative estimate of drug-likeness (QED) is 0.841. The highest BCUT2D eigenvalue weighted by molar-refractivity contribution is 7.89. The Morgan fingerprint density at radius 3 is 2.65 bits per heavy atom. The van der Waals surface area contributed by atoms with Crippen molar-refractivity contribution in [1.29, 1.82) is 0 Å². The first kappa shape index (κ1) is 14.5. The molecule has 1 aromatic carbocycles. The SMILES string of the molecule is Cc1cc(N)cc(S(=O)(=O)NCc2ccncc2C)c1. The smallest absolute Gasteiger partial charge is 0.240 e. The first-order valence-electron chi connectivity index (χ1n) is 6.15. The van der Waals surface area contributed by atoms with E-state index in [2.05, 4.69) is 9.71 Å². The molecule has 1 aromatic heterocycles. The second-order valence-corrected chi connectivity index (χ2v) is 6.47. The number of hydrogen-bond donors (Lipinski definition) is 2. The van der Waals surface area contributed by atoms with Crippen molar-refractivity contribution in [3.8, 4) is 0 Å².